The van der Waals surface area contributed by atoms with Gasteiger partial charge in [-0.15, -0.1) is 0 Å². The molecule has 0 aliphatic rings. The summed E-state index contributed by atoms with van der Waals surface area (Å²) >= 11 is 3.32. The number of nitrogens with zero attached hydrogens (tertiary/aromatic N) is 2. The molecule has 0 spiro atoms. The highest BCUT2D eigenvalue weighted by Gasteiger charge is 2.16. The maximum absolute atomic E-state index is 12.2. The van der Waals surface area contributed by atoms with Crippen molar-refractivity contribution in [3.63, 3.8) is 0 Å². The monoisotopic (exact) mass is 359 g/mol. The maximum atomic E-state index is 12.2. The van der Waals surface area contributed by atoms with Crippen molar-refractivity contribution in [3.05, 3.63) is 21.0 Å². The van der Waals surface area contributed by atoms with E-state index in [1.807, 2.05) is 13.8 Å². The van der Waals surface area contributed by atoms with E-state index in [2.05, 4.69) is 40.2 Å². The molecular weight excluding hydrogens is 334 g/mol. The van der Waals surface area contributed by atoms with Gasteiger partial charge in [-0.25, -0.2) is 4.68 Å². The molecule has 0 bridgehead atoms. The van der Waals surface area contributed by atoms with Crippen molar-refractivity contribution >= 4 is 21.6 Å². The van der Waals surface area contributed by atoms with Gasteiger partial charge in [0.2, 0.25) is 0 Å². The highest BCUT2D eigenvalue weighted by atomic mass is 79.9. The van der Waals surface area contributed by atoms with Crippen LogP contribution in [-0.4, -0.2) is 27.5 Å². The molecule has 1 rings (SSSR count). The third-order valence-electron chi connectivity index (χ3n) is 3.62. The summed E-state index contributed by atoms with van der Waals surface area (Å²) < 4.78 is 1.92. The van der Waals surface area contributed by atoms with Crippen LogP contribution in [0.5, 0.6) is 0 Å². The topological polar surface area (TPSA) is 67.2 Å². The van der Waals surface area contributed by atoms with Crippen molar-refractivity contribution in [1.82, 2.24) is 9.78 Å². The molecule has 2 N–H and O–H groups in total. The summed E-state index contributed by atoms with van der Waals surface area (Å²) in [4.78, 5) is 12.2. The second kappa shape index (κ2) is 8.54. The quantitative estimate of drug-likeness (QED) is 0.748. The lowest BCUT2D eigenvalue weighted by Gasteiger charge is -2.21. The number of hydrogen-bond donors (Lipinski definition) is 2. The first-order valence-electron chi connectivity index (χ1n) is 7.58. The van der Waals surface area contributed by atoms with Crippen LogP contribution < -0.4 is 10.9 Å². The fourth-order valence-electron chi connectivity index (χ4n) is 2.28. The zero-order valence-electron chi connectivity index (χ0n) is 13.3. The number of rotatable bonds is 8. The van der Waals surface area contributed by atoms with Crippen molar-refractivity contribution in [3.8, 4) is 0 Å². The smallest absolute Gasteiger partial charge is 0.283 e. The SMILES string of the molecule is CCC(CC)C(O)CNc1cnn(CC(C)C)c(=O)c1Br. The molecule has 1 atom stereocenters. The van der Waals surface area contributed by atoms with Gasteiger partial charge in [-0.05, 0) is 27.8 Å². The lowest BCUT2D eigenvalue weighted by atomic mass is 9.96. The van der Waals surface area contributed by atoms with Crippen molar-refractivity contribution in [2.75, 3.05) is 11.9 Å². The van der Waals surface area contributed by atoms with Gasteiger partial charge in [-0.3, -0.25) is 4.79 Å². The molecule has 1 aromatic heterocycles. The van der Waals surface area contributed by atoms with Crippen LogP contribution in [0.15, 0.2) is 15.5 Å². The lowest BCUT2D eigenvalue weighted by Crippen LogP contribution is -2.30. The van der Waals surface area contributed by atoms with Gasteiger partial charge in [0, 0.05) is 13.1 Å². The molecule has 0 radical (unpaired) electrons. The van der Waals surface area contributed by atoms with Crippen molar-refractivity contribution < 1.29 is 5.11 Å². The molecule has 0 aliphatic heterocycles. The fourth-order valence-corrected chi connectivity index (χ4v) is 2.73. The largest absolute Gasteiger partial charge is 0.391 e. The highest BCUT2D eigenvalue weighted by molar-refractivity contribution is 9.10. The number of halogens is 1. The molecule has 0 amide bonds. The van der Waals surface area contributed by atoms with Crippen LogP contribution in [0, 0.1) is 11.8 Å². The van der Waals surface area contributed by atoms with Crippen molar-refractivity contribution in [2.45, 2.75) is 53.2 Å². The normalized spacial score (nSPS) is 13.0. The molecule has 0 saturated carbocycles. The standard InChI is InChI=1S/C15H26BrN3O2/c1-5-11(6-2)13(20)8-17-12-7-18-19(9-10(3)4)15(21)14(12)16/h7,10-11,13,17,20H,5-6,8-9H2,1-4H3. The summed E-state index contributed by atoms with van der Waals surface area (Å²) in [6.07, 6.45) is 3.08. The summed E-state index contributed by atoms with van der Waals surface area (Å²) in [7, 11) is 0. The Labute approximate surface area is 134 Å². The molecule has 120 valence electrons. The number of aromatic nitrogens is 2. The van der Waals surface area contributed by atoms with E-state index in [0.29, 0.717) is 29.2 Å². The fraction of sp³-hybridized carbons (Fsp3) is 0.733. The third kappa shape index (κ3) is 5.11. The van der Waals surface area contributed by atoms with Gasteiger partial charge in [0.25, 0.3) is 5.56 Å². The predicted molar refractivity (Wildman–Crippen MR) is 89.6 cm³/mol. The van der Waals surface area contributed by atoms with E-state index in [0.717, 1.165) is 12.8 Å². The second-order valence-corrected chi connectivity index (χ2v) is 6.57. The number of anilines is 1. The van der Waals surface area contributed by atoms with E-state index < -0.39 is 6.10 Å². The highest BCUT2D eigenvalue weighted by Crippen LogP contribution is 2.18. The van der Waals surface area contributed by atoms with Crippen LogP contribution in [0.3, 0.4) is 0 Å². The Hall–Kier alpha value is -0.880. The van der Waals surface area contributed by atoms with Crippen LogP contribution in [0.25, 0.3) is 0 Å². The third-order valence-corrected chi connectivity index (χ3v) is 4.38. The van der Waals surface area contributed by atoms with E-state index in [4.69, 9.17) is 0 Å². The van der Waals surface area contributed by atoms with E-state index >= 15 is 0 Å². The molecule has 5 nitrogen and oxygen atoms in total. The van der Waals surface area contributed by atoms with Gasteiger partial charge in [0.05, 0.1) is 18.0 Å². The molecule has 0 fully saturated rings. The van der Waals surface area contributed by atoms with Crippen LogP contribution >= 0.6 is 15.9 Å². The van der Waals surface area contributed by atoms with Crippen LogP contribution in [-0.2, 0) is 6.54 Å². The summed E-state index contributed by atoms with van der Waals surface area (Å²) in [6, 6.07) is 0. The minimum Gasteiger partial charge on any atom is -0.391 e. The minimum atomic E-state index is -0.426. The average molecular weight is 360 g/mol. The molecule has 0 aromatic carbocycles. The van der Waals surface area contributed by atoms with E-state index in [-0.39, 0.29) is 11.5 Å². The Morgan fingerprint density at radius 3 is 2.52 bits per heavy atom. The molecule has 1 heterocycles. The molecular formula is C15H26BrN3O2. The first-order chi connectivity index (χ1) is 9.90. The van der Waals surface area contributed by atoms with Crippen LogP contribution in [0.1, 0.15) is 40.5 Å². The number of aliphatic hydroxyl groups is 1. The minimum absolute atomic E-state index is 0.147. The van der Waals surface area contributed by atoms with Gasteiger partial charge in [-0.1, -0.05) is 40.5 Å². The summed E-state index contributed by atoms with van der Waals surface area (Å²) in [5.74, 6) is 0.628. The Balaban J connectivity index is 2.77. The molecule has 21 heavy (non-hydrogen) atoms. The predicted octanol–water partition coefficient (Wildman–Crippen LogP) is 2.87. The van der Waals surface area contributed by atoms with Gasteiger partial charge in [0.15, 0.2) is 0 Å². The van der Waals surface area contributed by atoms with Gasteiger partial charge < -0.3 is 10.4 Å². The van der Waals surface area contributed by atoms with Crippen LogP contribution in [0.4, 0.5) is 5.69 Å². The summed E-state index contributed by atoms with van der Waals surface area (Å²) in [6.45, 7) is 9.23. The zero-order valence-corrected chi connectivity index (χ0v) is 14.9. The molecule has 1 unspecified atom stereocenters. The number of hydrogen-bond acceptors (Lipinski definition) is 4. The summed E-state index contributed by atoms with van der Waals surface area (Å²) in [5.41, 5.74) is 0.482. The summed E-state index contributed by atoms with van der Waals surface area (Å²) in [5, 5.41) is 17.4. The first kappa shape index (κ1) is 18.2. The second-order valence-electron chi connectivity index (χ2n) is 5.78. The lowest BCUT2D eigenvalue weighted by molar-refractivity contribution is 0.114. The van der Waals surface area contributed by atoms with Gasteiger partial charge >= 0.3 is 0 Å². The van der Waals surface area contributed by atoms with Crippen molar-refractivity contribution in [2.24, 2.45) is 11.8 Å². The Morgan fingerprint density at radius 2 is 2.00 bits per heavy atom. The Kier molecular flexibility index (Phi) is 7.39. The number of nitrogens with one attached hydrogen (secondary N) is 1. The zero-order chi connectivity index (χ0) is 16.0. The van der Waals surface area contributed by atoms with Gasteiger partial charge in [-0.2, -0.15) is 5.10 Å². The molecule has 6 heteroatoms. The Bertz CT molecular complexity index is 498. The van der Waals surface area contributed by atoms with E-state index in [9.17, 15) is 9.90 Å². The molecule has 0 aliphatic carbocycles. The Morgan fingerprint density at radius 1 is 1.38 bits per heavy atom. The maximum Gasteiger partial charge on any atom is 0.283 e. The van der Waals surface area contributed by atoms with E-state index in [1.54, 1.807) is 6.20 Å². The first-order valence-corrected chi connectivity index (χ1v) is 8.37. The number of aliphatic hydroxyl groups excluding tert-OH is 1. The van der Waals surface area contributed by atoms with E-state index in [1.165, 1.54) is 4.68 Å². The van der Waals surface area contributed by atoms with Gasteiger partial charge in [0.1, 0.15) is 4.47 Å². The molecule has 1 aromatic rings. The van der Waals surface area contributed by atoms with Crippen LogP contribution in [0.2, 0.25) is 0 Å². The molecule has 0 saturated heterocycles. The van der Waals surface area contributed by atoms with Crippen molar-refractivity contribution in [1.29, 1.82) is 0 Å². The average Bonchev–Trinajstić information content (AvgIpc) is 2.44.